The van der Waals surface area contributed by atoms with E-state index in [1.54, 1.807) is 6.08 Å². The molecule has 26 heavy (non-hydrogen) atoms. The molecule has 0 nitrogen and oxygen atoms in total. The summed E-state index contributed by atoms with van der Waals surface area (Å²) in [6.07, 6.45) is 26.7. The van der Waals surface area contributed by atoms with Crippen LogP contribution in [0.2, 0.25) is 0 Å². The molecule has 1 unspecified atom stereocenters. The van der Waals surface area contributed by atoms with Crippen molar-refractivity contribution in [1.82, 2.24) is 0 Å². The molecule has 140 valence electrons. The second-order valence-corrected chi connectivity index (χ2v) is 5.43. The molecule has 0 saturated carbocycles. The zero-order valence-corrected chi connectivity index (χ0v) is 16.4. The van der Waals surface area contributed by atoms with Crippen LogP contribution in [-0.2, 0) is 0 Å². The highest BCUT2D eigenvalue weighted by atomic mass is 14.3. The molecule has 0 amide bonds. The van der Waals surface area contributed by atoms with E-state index in [1.165, 1.54) is 27.9 Å². The fourth-order valence-electron chi connectivity index (χ4n) is 3.22. The van der Waals surface area contributed by atoms with Crippen molar-refractivity contribution < 1.29 is 0 Å². The first-order chi connectivity index (χ1) is 12.3. The average Bonchev–Trinajstić information content (AvgIpc) is 2.91. The lowest BCUT2D eigenvalue weighted by Crippen LogP contribution is -2.05. The smallest absolute Gasteiger partial charge is 0.0281 e. The van der Waals surface area contributed by atoms with Gasteiger partial charge in [-0.25, -0.2) is 0 Å². The fraction of sp³-hybridized carbons (Fsp3) is 0.308. The standard InChI is InChI=1S/C21H20.2C2H6.CH4/c1-3-4-5-8-13-18-16(2)19-14-9-6-7-11-17-12-10-15-20(18)21(17)19;2*1-2;/h3-11,13-15,20H,1,12H2,2H3;2*1-2H3;1H4/b5-4-,7-6?,9-6-,11-7-,13-8-,14-9?,17-11?,19-14-;;;. The van der Waals surface area contributed by atoms with Crippen LogP contribution < -0.4 is 0 Å². The molecule has 3 aliphatic rings. The summed E-state index contributed by atoms with van der Waals surface area (Å²) in [5.74, 6) is 0.407. The highest BCUT2D eigenvalue weighted by Gasteiger charge is 2.31. The van der Waals surface area contributed by atoms with E-state index < -0.39 is 0 Å². The van der Waals surface area contributed by atoms with Crippen LogP contribution >= 0.6 is 0 Å². The second-order valence-electron chi connectivity index (χ2n) is 5.43. The lowest BCUT2D eigenvalue weighted by molar-refractivity contribution is 0.918. The maximum absolute atomic E-state index is 3.70. The molecule has 0 fully saturated rings. The summed E-state index contributed by atoms with van der Waals surface area (Å²) in [7, 11) is 0. The van der Waals surface area contributed by atoms with Crippen LogP contribution in [0.15, 0.2) is 107 Å². The summed E-state index contributed by atoms with van der Waals surface area (Å²) >= 11 is 0. The van der Waals surface area contributed by atoms with Gasteiger partial charge in [-0.15, -0.1) is 0 Å². The number of allylic oxidation sites excluding steroid dienone is 17. The molecule has 0 spiro atoms. The fourth-order valence-corrected chi connectivity index (χ4v) is 3.22. The van der Waals surface area contributed by atoms with Gasteiger partial charge in [0, 0.05) is 5.92 Å². The summed E-state index contributed by atoms with van der Waals surface area (Å²) in [5, 5.41) is 0. The van der Waals surface area contributed by atoms with Crippen molar-refractivity contribution in [3.63, 3.8) is 0 Å². The van der Waals surface area contributed by atoms with Crippen LogP contribution in [0, 0.1) is 5.92 Å². The molecular formula is C26H36. The van der Waals surface area contributed by atoms with Gasteiger partial charge in [0.1, 0.15) is 0 Å². The molecule has 1 atom stereocenters. The van der Waals surface area contributed by atoms with Crippen LogP contribution in [0.4, 0.5) is 0 Å². The van der Waals surface area contributed by atoms with Gasteiger partial charge in [0.15, 0.2) is 0 Å². The van der Waals surface area contributed by atoms with Gasteiger partial charge in [0.05, 0.1) is 0 Å². The van der Waals surface area contributed by atoms with Crippen LogP contribution in [0.3, 0.4) is 0 Å². The highest BCUT2D eigenvalue weighted by molar-refractivity contribution is 5.67. The molecule has 3 rings (SSSR count). The van der Waals surface area contributed by atoms with E-state index in [2.05, 4.69) is 68.2 Å². The van der Waals surface area contributed by atoms with Gasteiger partial charge in [-0.2, -0.15) is 0 Å². The third-order valence-corrected chi connectivity index (χ3v) is 4.20. The minimum atomic E-state index is 0. The number of hydrogen-bond acceptors (Lipinski definition) is 0. The molecule has 0 aromatic carbocycles. The van der Waals surface area contributed by atoms with Crippen LogP contribution in [0.1, 0.15) is 48.5 Å². The minimum absolute atomic E-state index is 0. The van der Waals surface area contributed by atoms with E-state index in [9.17, 15) is 0 Å². The van der Waals surface area contributed by atoms with Gasteiger partial charge in [0.25, 0.3) is 0 Å². The maximum Gasteiger partial charge on any atom is 0.0281 e. The van der Waals surface area contributed by atoms with E-state index in [-0.39, 0.29) is 7.43 Å². The highest BCUT2D eigenvalue weighted by Crippen LogP contribution is 2.47. The monoisotopic (exact) mass is 348 g/mol. The van der Waals surface area contributed by atoms with Gasteiger partial charge in [0.2, 0.25) is 0 Å². The summed E-state index contributed by atoms with van der Waals surface area (Å²) in [5.41, 5.74) is 7.13. The Morgan fingerprint density at radius 3 is 2.42 bits per heavy atom. The first-order valence-corrected chi connectivity index (χ1v) is 9.45. The molecule has 0 aliphatic heterocycles. The molecule has 0 radical (unpaired) electrons. The van der Waals surface area contributed by atoms with Gasteiger partial charge >= 0.3 is 0 Å². The third kappa shape index (κ3) is 5.33. The van der Waals surface area contributed by atoms with Crippen molar-refractivity contribution in [2.24, 2.45) is 5.92 Å². The van der Waals surface area contributed by atoms with Crippen molar-refractivity contribution >= 4 is 0 Å². The normalized spacial score (nSPS) is 24.2. The quantitative estimate of drug-likeness (QED) is 0.356. The summed E-state index contributed by atoms with van der Waals surface area (Å²) in [6, 6.07) is 0. The first kappa shape index (κ1) is 23.7. The summed E-state index contributed by atoms with van der Waals surface area (Å²) < 4.78 is 0. The number of rotatable bonds is 3. The second kappa shape index (κ2) is 12.9. The zero-order chi connectivity index (χ0) is 18.7. The van der Waals surface area contributed by atoms with E-state index in [0.717, 1.165) is 6.42 Å². The molecule has 0 saturated heterocycles. The van der Waals surface area contributed by atoms with Crippen molar-refractivity contribution in [2.45, 2.75) is 48.5 Å². The summed E-state index contributed by atoms with van der Waals surface area (Å²) in [4.78, 5) is 0. The lowest BCUT2D eigenvalue weighted by Gasteiger charge is -2.20. The molecule has 0 bridgehead atoms. The predicted molar refractivity (Wildman–Crippen MR) is 121 cm³/mol. The zero-order valence-electron chi connectivity index (χ0n) is 16.4. The largest absolute Gasteiger partial charge is 0.0991 e. The minimum Gasteiger partial charge on any atom is -0.0991 e. The molecular weight excluding hydrogens is 312 g/mol. The van der Waals surface area contributed by atoms with Crippen molar-refractivity contribution in [3.8, 4) is 0 Å². The Hall–Kier alpha value is -2.34. The summed E-state index contributed by atoms with van der Waals surface area (Å²) in [6.45, 7) is 13.9. The Labute approximate surface area is 162 Å². The van der Waals surface area contributed by atoms with Crippen molar-refractivity contribution in [3.05, 3.63) is 107 Å². The Morgan fingerprint density at radius 2 is 1.73 bits per heavy atom. The van der Waals surface area contributed by atoms with E-state index in [0.29, 0.717) is 5.92 Å². The van der Waals surface area contributed by atoms with Gasteiger partial charge in [-0.1, -0.05) is 115 Å². The van der Waals surface area contributed by atoms with Crippen LogP contribution in [-0.4, -0.2) is 0 Å². The van der Waals surface area contributed by atoms with E-state index in [4.69, 9.17) is 0 Å². The van der Waals surface area contributed by atoms with Gasteiger partial charge in [-0.05, 0) is 41.2 Å². The van der Waals surface area contributed by atoms with Crippen molar-refractivity contribution in [1.29, 1.82) is 0 Å². The first-order valence-electron chi connectivity index (χ1n) is 9.45. The lowest BCUT2D eigenvalue weighted by atomic mass is 9.84. The van der Waals surface area contributed by atoms with E-state index >= 15 is 0 Å². The van der Waals surface area contributed by atoms with E-state index in [1.807, 2.05) is 39.8 Å². The van der Waals surface area contributed by atoms with Crippen LogP contribution in [0.25, 0.3) is 0 Å². The Morgan fingerprint density at radius 1 is 1.00 bits per heavy atom. The average molecular weight is 349 g/mol. The maximum atomic E-state index is 3.70. The van der Waals surface area contributed by atoms with Crippen LogP contribution in [0.5, 0.6) is 0 Å². The molecule has 0 heterocycles. The molecule has 3 aliphatic carbocycles. The molecule has 0 N–H and O–H groups in total. The molecule has 0 aromatic rings. The van der Waals surface area contributed by atoms with Crippen molar-refractivity contribution in [2.75, 3.05) is 0 Å². The Bertz CT molecular complexity index is 694. The molecule has 0 aromatic heterocycles. The third-order valence-electron chi connectivity index (χ3n) is 4.20. The van der Waals surface area contributed by atoms with Gasteiger partial charge in [-0.3, -0.25) is 0 Å². The topological polar surface area (TPSA) is 0 Å². The molecule has 0 heteroatoms. The van der Waals surface area contributed by atoms with Gasteiger partial charge < -0.3 is 0 Å². The predicted octanol–water partition coefficient (Wildman–Crippen LogP) is 8.23. The SMILES string of the molecule is C.C=C\C=C/C=C\C1=C(C)\C2=C\C=C/C=C\C3=C2C1C=CC3.CC.CC. The Kier molecular flexibility index (Phi) is 11.8. The Balaban J connectivity index is 0.00000117. The number of hydrogen-bond donors (Lipinski definition) is 0.